The number of nitrogens with one attached hydrogen (secondary N) is 1. The van der Waals surface area contributed by atoms with E-state index >= 15 is 0 Å². The van der Waals surface area contributed by atoms with Crippen molar-refractivity contribution in [3.63, 3.8) is 0 Å². The van der Waals surface area contributed by atoms with Crippen LogP contribution < -0.4 is 5.32 Å². The van der Waals surface area contributed by atoms with Crippen LogP contribution in [0.1, 0.15) is 16.9 Å². The lowest BCUT2D eigenvalue weighted by Gasteiger charge is -2.04. The maximum atomic E-state index is 11.7. The number of carbonyl (C=O) groups excluding carboxylic acids is 2. The van der Waals surface area contributed by atoms with Crippen molar-refractivity contribution in [1.29, 1.82) is 0 Å². The first-order chi connectivity index (χ1) is 11.7. The highest BCUT2D eigenvalue weighted by Crippen LogP contribution is 2.27. The summed E-state index contributed by atoms with van der Waals surface area (Å²) in [6, 6.07) is 18.1. The quantitative estimate of drug-likeness (QED) is 0.784. The molecule has 1 aliphatic heterocycles. The second-order valence-corrected chi connectivity index (χ2v) is 7.01. The zero-order valence-corrected chi connectivity index (χ0v) is 13.6. The summed E-state index contributed by atoms with van der Waals surface area (Å²) in [7, 11) is 0. The van der Waals surface area contributed by atoms with Crippen molar-refractivity contribution in [2.24, 2.45) is 0 Å². The maximum absolute atomic E-state index is 11.7. The SMILES string of the molecule is O=C1NC(=O)C(Cc2ccc3oc(Cc4ccccc4)cc3c2)S1. The molecule has 2 heterocycles. The zero-order valence-electron chi connectivity index (χ0n) is 12.8. The Kier molecular flexibility index (Phi) is 3.86. The molecule has 3 aromatic rings. The van der Waals surface area contributed by atoms with E-state index in [1.54, 1.807) is 0 Å². The van der Waals surface area contributed by atoms with E-state index in [1.807, 2.05) is 42.5 Å². The molecule has 0 bridgehead atoms. The largest absolute Gasteiger partial charge is 0.461 e. The molecule has 1 N–H and O–H groups in total. The van der Waals surface area contributed by atoms with Gasteiger partial charge in [0, 0.05) is 11.8 Å². The molecule has 1 unspecified atom stereocenters. The number of carbonyl (C=O) groups is 2. The molecule has 1 aromatic heterocycles. The van der Waals surface area contributed by atoms with Crippen LogP contribution in [-0.2, 0) is 17.6 Å². The molecule has 5 heteroatoms. The second-order valence-electron chi connectivity index (χ2n) is 5.83. The first kappa shape index (κ1) is 15.0. The lowest BCUT2D eigenvalue weighted by molar-refractivity contribution is -0.118. The third-order valence-corrected chi connectivity index (χ3v) is 5.02. The summed E-state index contributed by atoms with van der Waals surface area (Å²) < 4.78 is 5.90. The van der Waals surface area contributed by atoms with Gasteiger partial charge in [-0.1, -0.05) is 48.2 Å². The Balaban J connectivity index is 1.55. The zero-order chi connectivity index (χ0) is 16.5. The standard InChI is InChI=1S/C19H15NO3S/c21-18-17(24-19(22)20-18)10-13-6-7-16-14(8-13)11-15(23-16)9-12-4-2-1-3-5-12/h1-8,11,17H,9-10H2,(H,20,21,22). The smallest absolute Gasteiger partial charge is 0.286 e. The van der Waals surface area contributed by atoms with Crippen LogP contribution in [0.5, 0.6) is 0 Å². The lowest BCUT2D eigenvalue weighted by atomic mass is 10.1. The van der Waals surface area contributed by atoms with Crippen molar-refractivity contribution in [3.05, 3.63) is 71.5 Å². The number of benzene rings is 2. The molecule has 1 saturated heterocycles. The molecule has 0 aliphatic carbocycles. The first-order valence-electron chi connectivity index (χ1n) is 7.74. The highest BCUT2D eigenvalue weighted by molar-refractivity contribution is 8.15. The minimum absolute atomic E-state index is 0.206. The number of fused-ring (bicyclic) bond motifs is 1. The molecular formula is C19H15NO3S. The van der Waals surface area contributed by atoms with Crippen molar-refractivity contribution >= 4 is 33.9 Å². The fourth-order valence-electron chi connectivity index (χ4n) is 2.90. The fourth-order valence-corrected chi connectivity index (χ4v) is 3.76. The van der Waals surface area contributed by atoms with Gasteiger partial charge in [0.15, 0.2) is 0 Å². The number of amides is 2. The van der Waals surface area contributed by atoms with E-state index in [-0.39, 0.29) is 16.4 Å². The van der Waals surface area contributed by atoms with E-state index in [2.05, 4.69) is 17.4 Å². The van der Waals surface area contributed by atoms with E-state index in [9.17, 15) is 9.59 Å². The highest BCUT2D eigenvalue weighted by atomic mass is 32.2. The Morgan fingerprint density at radius 1 is 1.00 bits per heavy atom. The average molecular weight is 337 g/mol. The predicted molar refractivity (Wildman–Crippen MR) is 94.1 cm³/mol. The molecule has 120 valence electrons. The summed E-state index contributed by atoms with van der Waals surface area (Å²) in [5.74, 6) is 0.707. The van der Waals surface area contributed by atoms with Gasteiger partial charge in [-0.3, -0.25) is 14.9 Å². The van der Waals surface area contributed by atoms with Gasteiger partial charge >= 0.3 is 0 Å². The van der Waals surface area contributed by atoms with Crippen LogP contribution in [0.4, 0.5) is 4.79 Å². The number of rotatable bonds is 4. The fraction of sp³-hybridized carbons (Fsp3) is 0.158. The minimum Gasteiger partial charge on any atom is -0.461 e. The molecule has 0 radical (unpaired) electrons. The molecule has 0 saturated carbocycles. The van der Waals surface area contributed by atoms with E-state index in [4.69, 9.17) is 4.42 Å². The van der Waals surface area contributed by atoms with Gasteiger partial charge in [0.2, 0.25) is 5.91 Å². The summed E-state index contributed by atoms with van der Waals surface area (Å²) in [6.45, 7) is 0. The predicted octanol–water partition coefficient (Wildman–Crippen LogP) is 3.92. The van der Waals surface area contributed by atoms with Crippen molar-refractivity contribution in [3.8, 4) is 0 Å². The van der Waals surface area contributed by atoms with Gasteiger partial charge in [-0.25, -0.2) is 0 Å². The van der Waals surface area contributed by atoms with Crippen molar-refractivity contribution < 1.29 is 14.0 Å². The monoisotopic (exact) mass is 337 g/mol. The van der Waals surface area contributed by atoms with Crippen LogP contribution in [0, 0.1) is 0 Å². The summed E-state index contributed by atoms with van der Waals surface area (Å²) in [5, 5.41) is 2.74. The third kappa shape index (κ3) is 3.08. The van der Waals surface area contributed by atoms with Crippen LogP contribution >= 0.6 is 11.8 Å². The molecule has 1 atom stereocenters. The highest BCUT2D eigenvalue weighted by Gasteiger charge is 2.31. The molecule has 4 nitrogen and oxygen atoms in total. The van der Waals surface area contributed by atoms with E-state index in [0.717, 1.165) is 40.5 Å². The topological polar surface area (TPSA) is 59.3 Å². The summed E-state index contributed by atoms with van der Waals surface area (Å²) >= 11 is 1.06. The molecule has 4 rings (SSSR count). The molecule has 24 heavy (non-hydrogen) atoms. The van der Waals surface area contributed by atoms with Gasteiger partial charge in [0.05, 0.1) is 5.25 Å². The Bertz CT molecular complexity index is 917. The van der Waals surface area contributed by atoms with Crippen LogP contribution in [0.2, 0.25) is 0 Å². The molecule has 1 aliphatic rings. The molecular weight excluding hydrogens is 322 g/mol. The first-order valence-corrected chi connectivity index (χ1v) is 8.62. The molecule has 0 spiro atoms. The van der Waals surface area contributed by atoms with Gasteiger partial charge in [-0.2, -0.15) is 0 Å². The average Bonchev–Trinajstić information content (AvgIpc) is 3.10. The summed E-state index contributed by atoms with van der Waals surface area (Å²) in [6.07, 6.45) is 1.29. The Morgan fingerprint density at radius 3 is 2.58 bits per heavy atom. The number of imide groups is 1. The van der Waals surface area contributed by atoms with Gasteiger partial charge in [-0.15, -0.1) is 0 Å². The number of furan rings is 1. The summed E-state index contributed by atoms with van der Waals surface area (Å²) in [5.41, 5.74) is 3.07. The second kappa shape index (κ2) is 6.17. The molecule has 1 fully saturated rings. The van der Waals surface area contributed by atoms with Gasteiger partial charge in [0.25, 0.3) is 5.24 Å². The van der Waals surface area contributed by atoms with E-state index < -0.39 is 0 Å². The van der Waals surface area contributed by atoms with Gasteiger partial charge < -0.3 is 4.42 Å². The van der Waals surface area contributed by atoms with Gasteiger partial charge in [0.1, 0.15) is 11.3 Å². The van der Waals surface area contributed by atoms with Gasteiger partial charge in [-0.05, 0) is 35.7 Å². The third-order valence-electron chi connectivity index (χ3n) is 4.04. The number of hydrogen-bond donors (Lipinski definition) is 1. The lowest BCUT2D eigenvalue weighted by Crippen LogP contribution is -2.25. The number of hydrogen-bond acceptors (Lipinski definition) is 4. The Morgan fingerprint density at radius 2 is 1.83 bits per heavy atom. The van der Waals surface area contributed by atoms with Crippen LogP contribution in [-0.4, -0.2) is 16.4 Å². The van der Waals surface area contributed by atoms with Crippen molar-refractivity contribution in [2.45, 2.75) is 18.1 Å². The molecule has 2 aromatic carbocycles. The van der Waals surface area contributed by atoms with Crippen molar-refractivity contribution in [1.82, 2.24) is 5.32 Å². The van der Waals surface area contributed by atoms with Crippen molar-refractivity contribution in [2.75, 3.05) is 0 Å². The van der Waals surface area contributed by atoms with E-state index in [0.29, 0.717) is 6.42 Å². The van der Waals surface area contributed by atoms with E-state index in [1.165, 1.54) is 5.56 Å². The Labute approximate surface area is 143 Å². The number of thioether (sulfide) groups is 1. The van der Waals surface area contributed by atoms with Crippen LogP contribution in [0.3, 0.4) is 0 Å². The maximum Gasteiger partial charge on any atom is 0.286 e. The normalized spacial score (nSPS) is 17.4. The summed E-state index contributed by atoms with van der Waals surface area (Å²) in [4.78, 5) is 22.9. The molecule has 2 amide bonds. The van der Waals surface area contributed by atoms with Crippen LogP contribution in [0.15, 0.2) is 59.0 Å². The Hall–Kier alpha value is -2.53. The van der Waals surface area contributed by atoms with Crippen LogP contribution in [0.25, 0.3) is 11.0 Å². The minimum atomic E-state index is -0.342.